The van der Waals surface area contributed by atoms with Crippen LogP contribution >= 0.6 is 15.9 Å². The van der Waals surface area contributed by atoms with E-state index < -0.39 is 6.03 Å². The molecule has 5 nitrogen and oxygen atoms in total. The topological polar surface area (TPSA) is 58.4 Å². The molecule has 0 saturated carbocycles. The molecule has 1 aromatic heterocycles. The van der Waals surface area contributed by atoms with Crippen LogP contribution in [0.25, 0.3) is 5.69 Å². The Hall–Kier alpha value is -2.86. The molecule has 2 N–H and O–H groups in total. The normalized spacial score (nSPS) is 11.7. The summed E-state index contributed by atoms with van der Waals surface area (Å²) in [5, 5.41) is 6.85. The van der Waals surface area contributed by atoms with E-state index in [0.29, 0.717) is 5.69 Å². The molecule has 0 spiro atoms. The molecule has 30 heavy (non-hydrogen) atoms. The fourth-order valence-electron chi connectivity index (χ4n) is 3.31. The van der Waals surface area contributed by atoms with Crippen LogP contribution in [0.2, 0.25) is 0 Å². The summed E-state index contributed by atoms with van der Waals surface area (Å²) in [5.41, 5.74) is 8.86. The smallest absolute Gasteiger partial charge is 0.318 e. The maximum atomic E-state index is 12.0. The molecular weight excluding hydrogens is 440 g/mol. The van der Waals surface area contributed by atoms with E-state index in [1.54, 1.807) is 6.21 Å². The summed E-state index contributed by atoms with van der Waals surface area (Å²) >= 11 is 3.38. The maximum absolute atomic E-state index is 12.0. The van der Waals surface area contributed by atoms with Crippen LogP contribution in [-0.2, 0) is 5.41 Å². The molecule has 0 bridgehead atoms. The van der Waals surface area contributed by atoms with Crippen molar-refractivity contribution in [1.29, 1.82) is 0 Å². The summed E-state index contributed by atoms with van der Waals surface area (Å²) in [6.07, 6.45) is 1.67. The first-order valence-electron chi connectivity index (χ1n) is 9.80. The highest BCUT2D eigenvalue weighted by Crippen LogP contribution is 2.25. The second kappa shape index (κ2) is 8.88. The van der Waals surface area contributed by atoms with E-state index in [4.69, 9.17) is 0 Å². The minimum absolute atomic E-state index is 0.124. The number of benzene rings is 2. The monoisotopic (exact) mass is 466 g/mol. The number of hydrogen-bond acceptors (Lipinski definition) is 2. The van der Waals surface area contributed by atoms with Gasteiger partial charge in [0.25, 0.3) is 0 Å². The van der Waals surface area contributed by atoms with Crippen LogP contribution in [0.3, 0.4) is 0 Å². The number of amides is 2. The Labute approximate surface area is 186 Å². The van der Waals surface area contributed by atoms with Gasteiger partial charge in [-0.3, -0.25) is 0 Å². The predicted molar refractivity (Wildman–Crippen MR) is 128 cm³/mol. The molecule has 0 aliphatic rings. The van der Waals surface area contributed by atoms with Crippen molar-refractivity contribution in [3.8, 4) is 5.69 Å². The number of aryl methyl sites for hydroxylation is 1. The number of aromatic nitrogens is 1. The van der Waals surface area contributed by atoms with Gasteiger partial charge in [0.2, 0.25) is 0 Å². The predicted octanol–water partition coefficient (Wildman–Crippen LogP) is 6.31. The number of nitrogens with zero attached hydrogens (tertiary/aromatic N) is 2. The molecule has 2 aromatic carbocycles. The zero-order chi connectivity index (χ0) is 21.9. The van der Waals surface area contributed by atoms with Gasteiger partial charge in [-0.05, 0) is 61.2 Å². The van der Waals surface area contributed by atoms with E-state index in [1.807, 2.05) is 31.2 Å². The van der Waals surface area contributed by atoms with Crippen LogP contribution in [0.5, 0.6) is 0 Å². The van der Waals surface area contributed by atoms with E-state index in [9.17, 15) is 4.79 Å². The number of nitrogens with one attached hydrogen (secondary N) is 2. The quantitative estimate of drug-likeness (QED) is 0.343. The van der Waals surface area contributed by atoms with Crippen molar-refractivity contribution in [3.63, 3.8) is 0 Å². The van der Waals surface area contributed by atoms with Gasteiger partial charge in [-0.15, -0.1) is 0 Å². The Morgan fingerprint density at radius 1 is 1.07 bits per heavy atom. The van der Waals surface area contributed by atoms with E-state index in [0.717, 1.165) is 27.1 Å². The molecule has 6 heteroatoms. The molecule has 3 rings (SSSR count). The second-order valence-corrected chi connectivity index (χ2v) is 9.21. The number of carbonyl (C=O) groups excluding carboxylic acids is 1. The lowest BCUT2D eigenvalue weighted by atomic mass is 9.87. The van der Waals surface area contributed by atoms with Crippen LogP contribution in [0, 0.1) is 13.8 Å². The molecule has 0 aliphatic carbocycles. The summed E-state index contributed by atoms with van der Waals surface area (Å²) in [6, 6.07) is 17.7. The zero-order valence-electron chi connectivity index (χ0n) is 18.0. The second-order valence-electron chi connectivity index (χ2n) is 8.29. The van der Waals surface area contributed by atoms with Crippen molar-refractivity contribution in [2.24, 2.45) is 5.10 Å². The summed E-state index contributed by atoms with van der Waals surface area (Å²) in [7, 11) is 0. The van der Waals surface area contributed by atoms with Crippen LogP contribution in [0.15, 0.2) is 64.2 Å². The highest BCUT2D eigenvalue weighted by molar-refractivity contribution is 9.10. The molecular formula is C24H27BrN4O. The van der Waals surface area contributed by atoms with Gasteiger partial charge < -0.3 is 9.88 Å². The van der Waals surface area contributed by atoms with E-state index >= 15 is 0 Å². The van der Waals surface area contributed by atoms with Crippen LogP contribution in [0.1, 0.15) is 43.3 Å². The number of hydrogen-bond donors (Lipinski definition) is 2. The van der Waals surface area contributed by atoms with Gasteiger partial charge >= 0.3 is 6.03 Å². The summed E-state index contributed by atoms with van der Waals surface area (Å²) in [5.74, 6) is 0. The summed E-state index contributed by atoms with van der Waals surface area (Å²) in [4.78, 5) is 12.0. The van der Waals surface area contributed by atoms with Gasteiger partial charge in [-0.1, -0.05) is 54.9 Å². The van der Waals surface area contributed by atoms with Crippen molar-refractivity contribution >= 4 is 33.9 Å². The van der Waals surface area contributed by atoms with E-state index in [-0.39, 0.29) is 5.41 Å². The SMILES string of the molecule is Cc1cc(/C=N/NC(=O)Nc2cccc(Br)c2)c(C)n1-c1ccc(C(C)(C)C)cc1. The molecule has 156 valence electrons. The number of hydrazone groups is 1. The van der Waals surface area contributed by atoms with Crippen molar-refractivity contribution in [1.82, 2.24) is 9.99 Å². The molecule has 3 aromatic rings. The standard InChI is InChI=1S/C24H27BrN4O/c1-16-13-18(15-26-28-23(30)27-21-8-6-7-20(25)14-21)17(2)29(16)22-11-9-19(10-12-22)24(3,4)5/h6-15H,1-5H3,(H2,27,28,30)/b26-15+. The Bertz CT molecular complexity index is 1080. The van der Waals surface area contributed by atoms with Gasteiger partial charge in [-0.2, -0.15) is 5.10 Å². The number of rotatable bonds is 4. The summed E-state index contributed by atoms with van der Waals surface area (Å²) < 4.78 is 3.09. The first-order chi connectivity index (χ1) is 14.1. The van der Waals surface area contributed by atoms with Crippen LogP contribution in [-0.4, -0.2) is 16.8 Å². The molecule has 0 radical (unpaired) electrons. The fraction of sp³-hybridized carbons (Fsp3) is 0.250. The molecule has 2 amide bonds. The number of carbonyl (C=O) groups is 1. The third kappa shape index (κ3) is 5.19. The molecule has 0 aliphatic heterocycles. The minimum atomic E-state index is -0.393. The average Bonchev–Trinajstić information content (AvgIpc) is 2.94. The van der Waals surface area contributed by atoms with Gasteiger partial charge in [0.1, 0.15) is 0 Å². The lowest BCUT2D eigenvalue weighted by Crippen LogP contribution is -2.24. The first-order valence-corrected chi connectivity index (χ1v) is 10.6. The van der Waals surface area contributed by atoms with Crippen molar-refractivity contribution in [2.75, 3.05) is 5.32 Å². The molecule has 0 unspecified atom stereocenters. The van der Waals surface area contributed by atoms with Crippen molar-refractivity contribution < 1.29 is 4.79 Å². The average molecular weight is 467 g/mol. The Morgan fingerprint density at radius 2 is 1.77 bits per heavy atom. The Morgan fingerprint density at radius 3 is 2.40 bits per heavy atom. The lowest BCUT2D eigenvalue weighted by molar-refractivity contribution is 0.252. The maximum Gasteiger partial charge on any atom is 0.339 e. The molecule has 0 fully saturated rings. The highest BCUT2D eigenvalue weighted by Gasteiger charge is 2.14. The zero-order valence-corrected chi connectivity index (χ0v) is 19.5. The molecule has 0 atom stereocenters. The number of halogens is 1. The highest BCUT2D eigenvalue weighted by atomic mass is 79.9. The number of urea groups is 1. The van der Waals surface area contributed by atoms with Gasteiger partial charge in [0.05, 0.1) is 6.21 Å². The van der Waals surface area contributed by atoms with E-state index in [2.05, 4.69) is 94.4 Å². The van der Waals surface area contributed by atoms with Gasteiger partial charge in [-0.25, -0.2) is 10.2 Å². The third-order valence-electron chi connectivity index (χ3n) is 4.91. The first kappa shape index (κ1) is 21.8. The van der Waals surface area contributed by atoms with Gasteiger partial charge in [0.15, 0.2) is 0 Å². The largest absolute Gasteiger partial charge is 0.339 e. The Kier molecular flexibility index (Phi) is 6.46. The fourth-order valence-corrected chi connectivity index (χ4v) is 3.71. The summed E-state index contributed by atoms with van der Waals surface area (Å²) in [6.45, 7) is 10.7. The minimum Gasteiger partial charge on any atom is -0.318 e. The van der Waals surface area contributed by atoms with Crippen LogP contribution in [0.4, 0.5) is 10.5 Å². The van der Waals surface area contributed by atoms with Crippen molar-refractivity contribution in [3.05, 3.63) is 81.6 Å². The molecule has 0 saturated heterocycles. The van der Waals surface area contributed by atoms with Crippen molar-refractivity contribution in [2.45, 2.75) is 40.0 Å². The lowest BCUT2D eigenvalue weighted by Gasteiger charge is -2.20. The van der Waals surface area contributed by atoms with E-state index in [1.165, 1.54) is 5.56 Å². The van der Waals surface area contributed by atoms with Gasteiger partial charge in [0, 0.05) is 32.8 Å². The number of anilines is 1. The third-order valence-corrected chi connectivity index (χ3v) is 5.41. The van der Waals surface area contributed by atoms with Crippen LogP contribution < -0.4 is 10.7 Å². The molecule has 1 heterocycles. The Balaban J connectivity index is 1.71.